The number of likely N-dealkylation sites (tertiary alicyclic amines) is 1. The molecule has 1 aliphatic heterocycles. The van der Waals surface area contributed by atoms with E-state index in [9.17, 15) is 4.79 Å². The van der Waals surface area contributed by atoms with Crippen LogP contribution >= 0.6 is 11.6 Å². The third-order valence-corrected chi connectivity index (χ3v) is 5.53. The monoisotopic (exact) mass is 352 g/mol. The minimum absolute atomic E-state index is 0.0559. The van der Waals surface area contributed by atoms with Crippen molar-refractivity contribution in [3.05, 3.63) is 28.3 Å². The maximum atomic E-state index is 13.0. The molecule has 1 aliphatic rings. The first-order chi connectivity index (χ1) is 11.5. The summed E-state index contributed by atoms with van der Waals surface area (Å²) in [5.41, 5.74) is 2.81. The number of hydrogen-bond donors (Lipinski definition) is 2. The Bertz CT molecular complexity index is 591. The lowest BCUT2D eigenvalue weighted by atomic mass is 9.93. The summed E-state index contributed by atoms with van der Waals surface area (Å²) in [6.07, 6.45) is 5.17. The second-order valence-corrected chi connectivity index (χ2v) is 7.18. The first-order valence-corrected chi connectivity index (χ1v) is 9.34. The molecule has 134 valence electrons. The van der Waals surface area contributed by atoms with Crippen molar-refractivity contribution < 1.29 is 9.90 Å². The Hall–Kier alpha value is -1.26. The molecule has 0 aromatic heterocycles. The maximum absolute atomic E-state index is 13.0. The van der Waals surface area contributed by atoms with Gasteiger partial charge < -0.3 is 15.3 Å². The second-order valence-electron chi connectivity index (χ2n) is 6.78. The number of aryl methyl sites for hydroxylation is 1. The number of aliphatic hydroxyl groups is 1. The standard InChI is InChI=1S/C19H29ClN2O2/c1-4-14-8-9-16(20)15(5-2)17(14)21-18(24)22-12-6-10-19(22,3)11-7-13-23/h8-9,23H,4-7,10-13H2,1-3H3,(H,21,24). The third-order valence-electron chi connectivity index (χ3n) is 5.18. The number of benzene rings is 1. The Balaban J connectivity index is 2.24. The minimum Gasteiger partial charge on any atom is -0.396 e. The van der Waals surface area contributed by atoms with Crippen molar-refractivity contribution in [1.29, 1.82) is 0 Å². The average Bonchev–Trinajstić information content (AvgIpc) is 2.95. The summed E-state index contributed by atoms with van der Waals surface area (Å²) in [5.74, 6) is 0. The van der Waals surface area contributed by atoms with Gasteiger partial charge in [0.05, 0.1) is 5.69 Å². The molecule has 0 spiro atoms. The molecule has 0 bridgehead atoms. The van der Waals surface area contributed by atoms with Crippen molar-refractivity contribution >= 4 is 23.3 Å². The normalized spacial score (nSPS) is 20.5. The smallest absolute Gasteiger partial charge is 0.322 e. The lowest BCUT2D eigenvalue weighted by Gasteiger charge is -2.35. The minimum atomic E-state index is -0.176. The number of aliphatic hydroxyl groups excluding tert-OH is 1. The first-order valence-electron chi connectivity index (χ1n) is 8.96. The van der Waals surface area contributed by atoms with E-state index in [4.69, 9.17) is 16.7 Å². The SMILES string of the molecule is CCc1ccc(Cl)c(CC)c1NC(=O)N1CCCC1(C)CCCO. The number of urea groups is 1. The maximum Gasteiger partial charge on any atom is 0.322 e. The largest absolute Gasteiger partial charge is 0.396 e. The van der Waals surface area contributed by atoms with Gasteiger partial charge in [-0.05, 0) is 62.6 Å². The van der Waals surface area contributed by atoms with Gasteiger partial charge in [0.25, 0.3) is 0 Å². The number of carbonyl (C=O) groups is 1. The van der Waals surface area contributed by atoms with E-state index in [-0.39, 0.29) is 18.2 Å². The Morgan fingerprint density at radius 2 is 2.12 bits per heavy atom. The molecule has 24 heavy (non-hydrogen) atoms. The molecule has 2 amide bonds. The molecule has 5 heteroatoms. The van der Waals surface area contributed by atoms with E-state index < -0.39 is 0 Å². The molecule has 0 aliphatic carbocycles. The van der Waals surface area contributed by atoms with Crippen molar-refractivity contribution in [3.8, 4) is 0 Å². The summed E-state index contributed by atoms with van der Waals surface area (Å²) in [5, 5.41) is 13.0. The number of carbonyl (C=O) groups excluding carboxylic acids is 1. The van der Waals surface area contributed by atoms with E-state index in [0.717, 1.165) is 61.9 Å². The predicted molar refractivity (Wildman–Crippen MR) is 99.9 cm³/mol. The van der Waals surface area contributed by atoms with Gasteiger partial charge in [-0.1, -0.05) is 31.5 Å². The van der Waals surface area contributed by atoms with Crippen LogP contribution in [0.25, 0.3) is 0 Å². The highest BCUT2D eigenvalue weighted by Gasteiger charge is 2.39. The van der Waals surface area contributed by atoms with Crippen LogP contribution in [0.15, 0.2) is 12.1 Å². The molecule has 0 radical (unpaired) electrons. The third kappa shape index (κ3) is 3.86. The number of anilines is 1. The van der Waals surface area contributed by atoms with Gasteiger partial charge in [0.15, 0.2) is 0 Å². The Labute approximate surface area is 150 Å². The van der Waals surface area contributed by atoms with E-state index in [1.54, 1.807) is 0 Å². The fourth-order valence-electron chi connectivity index (χ4n) is 3.73. The number of nitrogens with zero attached hydrogens (tertiary/aromatic N) is 1. The second kappa shape index (κ2) is 8.21. The topological polar surface area (TPSA) is 52.6 Å². The van der Waals surface area contributed by atoms with Gasteiger partial charge in [-0.25, -0.2) is 4.79 Å². The van der Waals surface area contributed by atoms with Crippen LogP contribution in [0.3, 0.4) is 0 Å². The zero-order valence-corrected chi connectivity index (χ0v) is 15.7. The summed E-state index contributed by atoms with van der Waals surface area (Å²) >= 11 is 6.33. The van der Waals surface area contributed by atoms with Crippen LogP contribution in [-0.4, -0.2) is 34.7 Å². The van der Waals surface area contributed by atoms with E-state index in [1.165, 1.54) is 0 Å². The quantitative estimate of drug-likeness (QED) is 0.784. The summed E-state index contributed by atoms with van der Waals surface area (Å²) in [4.78, 5) is 14.9. The van der Waals surface area contributed by atoms with E-state index in [1.807, 2.05) is 17.0 Å². The number of nitrogens with one attached hydrogen (secondary N) is 1. The lowest BCUT2D eigenvalue weighted by Crippen LogP contribution is -2.47. The summed E-state index contributed by atoms with van der Waals surface area (Å²) in [6.45, 7) is 7.18. The van der Waals surface area contributed by atoms with Crippen LogP contribution in [0, 0.1) is 0 Å². The van der Waals surface area contributed by atoms with Gasteiger partial charge in [0, 0.05) is 23.7 Å². The van der Waals surface area contributed by atoms with Crippen LogP contribution in [0.1, 0.15) is 57.6 Å². The Morgan fingerprint density at radius 3 is 2.75 bits per heavy atom. The fraction of sp³-hybridized carbons (Fsp3) is 0.632. The van der Waals surface area contributed by atoms with Crippen LogP contribution < -0.4 is 5.32 Å². The van der Waals surface area contributed by atoms with E-state index >= 15 is 0 Å². The predicted octanol–water partition coefficient (Wildman–Crippen LogP) is 4.62. The fourth-order valence-corrected chi connectivity index (χ4v) is 4.02. The molecule has 2 N–H and O–H groups in total. The van der Waals surface area contributed by atoms with Crippen molar-refractivity contribution in [2.75, 3.05) is 18.5 Å². The van der Waals surface area contributed by atoms with Gasteiger partial charge in [0.2, 0.25) is 0 Å². The highest BCUT2D eigenvalue weighted by molar-refractivity contribution is 6.32. The number of rotatable bonds is 6. The molecule has 1 atom stereocenters. The Kier molecular flexibility index (Phi) is 6.53. The highest BCUT2D eigenvalue weighted by atomic mass is 35.5. The molecule has 4 nitrogen and oxygen atoms in total. The van der Waals surface area contributed by atoms with E-state index in [2.05, 4.69) is 26.1 Å². The zero-order valence-electron chi connectivity index (χ0n) is 15.0. The summed E-state index contributed by atoms with van der Waals surface area (Å²) in [7, 11) is 0. The molecular weight excluding hydrogens is 324 g/mol. The van der Waals surface area contributed by atoms with Crippen molar-refractivity contribution in [3.63, 3.8) is 0 Å². The van der Waals surface area contributed by atoms with Gasteiger partial charge in [0.1, 0.15) is 0 Å². The average molecular weight is 353 g/mol. The summed E-state index contributed by atoms with van der Waals surface area (Å²) < 4.78 is 0. The summed E-state index contributed by atoms with van der Waals surface area (Å²) in [6, 6.07) is 3.85. The zero-order chi connectivity index (χ0) is 17.7. The van der Waals surface area contributed by atoms with Crippen molar-refractivity contribution in [2.24, 2.45) is 0 Å². The van der Waals surface area contributed by atoms with Crippen LogP contribution in [0.4, 0.5) is 10.5 Å². The van der Waals surface area contributed by atoms with Crippen molar-refractivity contribution in [1.82, 2.24) is 4.90 Å². The Morgan fingerprint density at radius 1 is 1.38 bits per heavy atom. The van der Waals surface area contributed by atoms with Crippen LogP contribution in [0.2, 0.25) is 5.02 Å². The highest BCUT2D eigenvalue weighted by Crippen LogP contribution is 2.35. The van der Waals surface area contributed by atoms with Gasteiger partial charge in [-0.3, -0.25) is 0 Å². The molecule has 1 aromatic rings. The number of halogens is 1. The van der Waals surface area contributed by atoms with E-state index in [0.29, 0.717) is 5.02 Å². The van der Waals surface area contributed by atoms with Gasteiger partial charge >= 0.3 is 6.03 Å². The lowest BCUT2D eigenvalue weighted by molar-refractivity contribution is 0.151. The molecule has 1 unspecified atom stereocenters. The molecule has 0 saturated carbocycles. The molecular formula is C19H29ClN2O2. The first kappa shape index (κ1) is 19.1. The molecule has 1 aromatic carbocycles. The van der Waals surface area contributed by atoms with Crippen LogP contribution in [0.5, 0.6) is 0 Å². The van der Waals surface area contributed by atoms with Crippen LogP contribution in [-0.2, 0) is 12.8 Å². The van der Waals surface area contributed by atoms with Gasteiger partial charge in [-0.2, -0.15) is 0 Å². The molecule has 1 saturated heterocycles. The molecule has 1 fully saturated rings. The number of amides is 2. The number of hydrogen-bond acceptors (Lipinski definition) is 2. The molecule has 2 rings (SSSR count). The van der Waals surface area contributed by atoms with Gasteiger partial charge in [-0.15, -0.1) is 0 Å². The van der Waals surface area contributed by atoms with Crippen molar-refractivity contribution in [2.45, 2.75) is 64.8 Å². The molecule has 1 heterocycles.